The van der Waals surface area contributed by atoms with Crippen LogP contribution < -0.4 is 5.32 Å². The van der Waals surface area contributed by atoms with Crippen molar-refractivity contribution in [1.82, 2.24) is 0 Å². The Morgan fingerprint density at radius 2 is 2.18 bits per heavy atom. The highest BCUT2D eigenvalue weighted by Gasteiger charge is 2.04. The zero-order valence-electron chi connectivity index (χ0n) is 9.77. The lowest BCUT2D eigenvalue weighted by atomic mass is 10.1. The van der Waals surface area contributed by atoms with E-state index in [1.54, 1.807) is 6.26 Å². The van der Waals surface area contributed by atoms with Crippen LogP contribution in [-0.2, 0) is 4.79 Å². The van der Waals surface area contributed by atoms with E-state index in [4.69, 9.17) is 4.42 Å². The summed E-state index contributed by atoms with van der Waals surface area (Å²) in [5, 5.41) is 2.86. The molecule has 0 bridgehead atoms. The van der Waals surface area contributed by atoms with Crippen LogP contribution in [0.15, 0.2) is 47.1 Å². The zero-order valence-corrected chi connectivity index (χ0v) is 9.77. The van der Waals surface area contributed by atoms with Gasteiger partial charge in [-0.05, 0) is 30.7 Å². The third-order valence-corrected chi connectivity index (χ3v) is 2.43. The lowest BCUT2D eigenvalue weighted by molar-refractivity contribution is -0.116. The van der Waals surface area contributed by atoms with Gasteiger partial charge in [-0.3, -0.25) is 4.79 Å². The first-order valence-electron chi connectivity index (χ1n) is 5.73. The fourth-order valence-corrected chi connectivity index (χ4v) is 1.64. The third-order valence-electron chi connectivity index (χ3n) is 2.43. The Labute approximate surface area is 100 Å². The van der Waals surface area contributed by atoms with Crippen LogP contribution in [0.25, 0.3) is 11.3 Å². The molecular formula is C14H15NO2. The molecule has 1 aromatic carbocycles. The molecule has 1 amide bonds. The van der Waals surface area contributed by atoms with E-state index in [0.29, 0.717) is 6.42 Å². The molecule has 1 aromatic heterocycles. The van der Waals surface area contributed by atoms with Crippen molar-refractivity contribution in [3.8, 4) is 11.3 Å². The van der Waals surface area contributed by atoms with Crippen LogP contribution >= 0.6 is 0 Å². The van der Waals surface area contributed by atoms with E-state index >= 15 is 0 Å². The minimum Gasteiger partial charge on any atom is -0.464 e. The van der Waals surface area contributed by atoms with Gasteiger partial charge in [0.25, 0.3) is 0 Å². The van der Waals surface area contributed by atoms with Crippen LogP contribution in [0.4, 0.5) is 5.69 Å². The normalized spacial score (nSPS) is 10.2. The monoisotopic (exact) mass is 229 g/mol. The fraction of sp³-hybridized carbons (Fsp3) is 0.214. The minimum atomic E-state index is 0.0455. The van der Waals surface area contributed by atoms with Gasteiger partial charge in [0.1, 0.15) is 5.76 Å². The third kappa shape index (κ3) is 2.97. The molecule has 88 valence electrons. The van der Waals surface area contributed by atoms with Gasteiger partial charge in [-0.15, -0.1) is 0 Å². The van der Waals surface area contributed by atoms with Crippen LogP contribution in [0.5, 0.6) is 0 Å². The Kier molecular flexibility index (Phi) is 3.60. The standard InChI is InChI=1S/C14H15NO2/c1-2-5-14(16)15-12-7-3-6-11(10-12)13-8-4-9-17-13/h3-4,6-10H,2,5H2,1H3,(H,15,16). The summed E-state index contributed by atoms with van der Waals surface area (Å²) >= 11 is 0. The summed E-state index contributed by atoms with van der Waals surface area (Å²) in [5.41, 5.74) is 1.77. The van der Waals surface area contributed by atoms with Gasteiger partial charge in [-0.2, -0.15) is 0 Å². The number of benzene rings is 1. The number of furan rings is 1. The molecule has 0 saturated heterocycles. The van der Waals surface area contributed by atoms with E-state index in [1.807, 2.05) is 43.3 Å². The second-order valence-electron chi connectivity index (χ2n) is 3.86. The molecule has 0 unspecified atom stereocenters. The maximum Gasteiger partial charge on any atom is 0.224 e. The van der Waals surface area contributed by atoms with Crippen molar-refractivity contribution < 1.29 is 9.21 Å². The molecule has 3 nitrogen and oxygen atoms in total. The average Bonchev–Trinajstić information content (AvgIpc) is 2.83. The van der Waals surface area contributed by atoms with Crippen LogP contribution in [0.3, 0.4) is 0 Å². The van der Waals surface area contributed by atoms with Gasteiger partial charge in [-0.1, -0.05) is 19.1 Å². The lowest BCUT2D eigenvalue weighted by Gasteiger charge is -2.05. The number of anilines is 1. The predicted octanol–water partition coefficient (Wildman–Crippen LogP) is 3.69. The van der Waals surface area contributed by atoms with Gasteiger partial charge in [-0.25, -0.2) is 0 Å². The fourth-order valence-electron chi connectivity index (χ4n) is 1.64. The number of hydrogen-bond donors (Lipinski definition) is 1. The Morgan fingerprint density at radius 3 is 2.88 bits per heavy atom. The van der Waals surface area contributed by atoms with E-state index < -0.39 is 0 Å². The summed E-state index contributed by atoms with van der Waals surface area (Å²) in [6.45, 7) is 1.98. The first-order chi connectivity index (χ1) is 8.29. The molecule has 0 aliphatic rings. The molecule has 1 N–H and O–H groups in total. The first-order valence-corrected chi connectivity index (χ1v) is 5.73. The van der Waals surface area contributed by atoms with E-state index in [2.05, 4.69) is 5.32 Å². The molecule has 0 aliphatic carbocycles. The Bertz CT molecular complexity index is 489. The highest BCUT2D eigenvalue weighted by atomic mass is 16.3. The van der Waals surface area contributed by atoms with E-state index in [-0.39, 0.29) is 5.91 Å². The highest BCUT2D eigenvalue weighted by Crippen LogP contribution is 2.22. The number of amides is 1. The second-order valence-corrected chi connectivity index (χ2v) is 3.86. The maximum absolute atomic E-state index is 11.5. The van der Waals surface area contributed by atoms with Crippen LogP contribution in [0, 0.1) is 0 Å². The Balaban J connectivity index is 2.15. The topological polar surface area (TPSA) is 42.2 Å². The predicted molar refractivity (Wildman–Crippen MR) is 67.7 cm³/mol. The van der Waals surface area contributed by atoms with Gasteiger partial charge in [0.05, 0.1) is 6.26 Å². The summed E-state index contributed by atoms with van der Waals surface area (Å²) < 4.78 is 5.31. The molecule has 0 saturated carbocycles. The van der Waals surface area contributed by atoms with Gasteiger partial charge < -0.3 is 9.73 Å². The van der Waals surface area contributed by atoms with Crippen LogP contribution in [0.1, 0.15) is 19.8 Å². The van der Waals surface area contributed by atoms with Crippen molar-refractivity contribution >= 4 is 11.6 Å². The largest absolute Gasteiger partial charge is 0.464 e. The average molecular weight is 229 g/mol. The minimum absolute atomic E-state index is 0.0455. The first kappa shape index (κ1) is 11.5. The quantitative estimate of drug-likeness (QED) is 0.868. The smallest absolute Gasteiger partial charge is 0.224 e. The Morgan fingerprint density at radius 1 is 1.29 bits per heavy atom. The van der Waals surface area contributed by atoms with Crippen molar-refractivity contribution in [3.63, 3.8) is 0 Å². The maximum atomic E-state index is 11.5. The van der Waals surface area contributed by atoms with Crippen LogP contribution in [-0.4, -0.2) is 5.91 Å². The molecule has 0 atom stereocenters. The second kappa shape index (κ2) is 5.34. The SMILES string of the molecule is CCCC(=O)Nc1cccc(-c2ccco2)c1. The van der Waals surface area contributed by atoms with Crippen molar-refractivity contribution in [2.75, 3.05) is 5.32 Å². The number of carbonyl (C=O) groups is 1. The Hall–Kier alpha value is -2.03. The number of rotatable bonds is 4. The van der Waals surface area contributed by atoms with Crippen molar-refractivity contribution in [2.24, 2.45) is 0 Å². The summed E-state index contributed by atoms with van der Waals surface area (Å²) in [5.74, 6) is 0.848. The van der Waals surface area contributed by atoms with E-state index in [9.17, 15) is 4.79 Å². The number of nitrogens with one attached hydrogen (secondary N) is 1. The summed E-state index contributed by atoms with van der Waals surface area (Å²) in [6.07, 6.45) is 3.03. The van der Waals surface area contributed by atoms with Gasteiger partial charge in [0, 0.05) is 17.7 Å². The van der Waals surface area contributed by atoms with E-state index in [0.717, 1.165) is 23.4 Å². The highest BCUT2D eigenvalue weighted by molar-refractivity contribution is 5.91. The van der Waals surface area contributed by atoms with Crippen molar-refractivity contribution in [3.05, 3.63) is 42.7 Å². The molecule has 2 aromatic rings. The van der Waals surface area contributed by atoms with E-state index in [1.165, 1.54) is 0 Å². The molecule has 0 fully saturated rings. The van der Waals surface area contributed by atoms with Gasteiger partial charge in [0.15, 0.2) is 0 Å². The number of carbonyl (C=O) groups excluding carboxylic acids is 1. The van der Waals surface area contributed by atoms with Gasteiger partial charge >= 0.3 is 0 Å². The molecule has 0 radical (unpaired) electrons. The lowest BCUT2D eigenvalue weighted by Crippen LogP contribution is -2.10. The summed E-state index contributed by atoms with van der Waals surface area (Å²) in [6, 6.07) is 11.4. The number of hydrogen-bond acceptors (Lipinski definition) is 2. The molecule has 2 rings (SSSR count). The molecule has 1 heterocycles. The van der Waals surface area contributed by atoms with Crippen LogP contribution in [0.2, 0.25) is 0 Å². The summed E-state index contributed by atoms with van der Waals surface area (Å²) in [7, 11) is 0. The van der Waals surface area contributed by atoms with Gasteiger partial charge in [0.2, 0.25) is 5.91 Å². The van der Waals surface area contributed by atoms with Crippen molar-refractivity contribution in [1.29, 1.82) is 0 Å². The molecule has 17 heavy (non-hydrogen) atoms. The molecule has 0 aliphatic heterocycles. The molecule has 3 heteroatoms. The summed E-state index contributed by atoms with van der Waals surface area (Å²) in [4.78, 5) is 11.5. The van der Waals surface area contributed by atoms with Crippen molar-refractivity contribution in [2.45, 2.75) is 19.8 Å². The molecular weight excluding hydrogens is 214 g/mol. The molecule has 0 spiro atoms. The zero-order chi connectivity index (χ0) is 12.1.